The fourth-order valence-corrected chi connectivity index (χ4v) is 4.16. The molecule has 2 nitrogen and oxygen atoms in total. The molecule has 3 aromatic carbocycles. The van der Waals surface area contributed by atoms with Gasteiger partial charge in [-0.05, 0) is 36.3 Å². The van der Waals surface area contributed by atoms with Crippen LogP contribution in [-0.4, -0.2) is 17.0 Å². The van der Waals surface area contributed by atoms with Crippen LogP contribution in [0.25, 0.3) is 5.76 Å². The van der Waals surface area contributed by atoms with E-state index in [1.807, 2.05) is 67.6 Å². The normalized spacial score (nSPS) is 16.9. The van der Waals surface area contributed by atoms with Crippen molar-refractivity contribution in [1.82, 2.24) is 4.90 Å². The second-order valence-corrected chi connectivity index (χ2v) is 8.39. The molecule has 0 aromatic heterocycles. The third kappa shape index (κ3) is 5.47. The number of halogens is 5. The van der Waals surface area contributed by atoms with E-state index in [-0.39, 0.29) is 23.5 Å². The standard InChI is InChI=1S/C27H24F5NO/c1-18(33(16-19-8-4-2-5-9-19)17-20-10-6-3-7-11-20)24-12-13-25(34-24)21-14-22(28)26(23(29)15-21)27(30,31)32/h2-11,13-15,18,24H,12,16-17H2,1H3. The molecule has 0 saturated carbocycles. The molecule has 4 rings (SSSR count). The van der Waals surface area contributed by atoms with Gasteiger partial charge in [-0.3, -0.25) is 4.90 Å². The predicted octanol–water partition coefficient (Wildman–Crippen LogP) is 7.20. The molecule has 2 unspecified atom stereocenters. The van der Waals surface area contributed by atoms with E-state index in [9.17, 15) is 22.0 Å². The zero-order valence-corrected chi connectivity index (χ0v) is 18.5. The smallest absolute Gasteiger partial charge is 0.422 e. The Morgan fingerprint density at radius 3 is 1.85 bits per heavy atom. The number of ether oxygens (including phenoxy) is 1. The van der Waals surface area contributed by atoms with E-state index in [4.69, 9.17) is 4.74 Å². The summed E-state index contributed by atoms with van der Waals surface area (Å²) in [6.45, 7) is 3.34. The van der Waals surface area contributed by atoms with Gasteiger partial charge in [0.1, 0.15) is 29.1 Å². The number of alkyl halides is 3. The molecule has 1 heterocycles. The molecule has 7 heteroatoms. The van der Waals surface area contributed by atoms with Crippen molar-refractivity contribution < 1.29 is 26.7 Å². The van der Waals surface area contributed by atoms with Crippen molar-refractivity contribution in [3.63, 3.8) is 0 Å². The van der Waals surface area contributed by atoms with Crippen molar-refractivity contribution in [3.05, 3.63) is 113 Å². The van der Waals surface area contributed by atoms with Crippen LogP contribution < -0.4 is 0 Å². The lowest BCUT2D eigenvalue weighted by atomic mass is 10.1. The van der Waals surface area contributed by atoms with E-state index in [0.29, 0.717) is 31.6 Å². The summed E-state index contributed by atoms with van der Waals surface area (Å²) in [7, 11) is 0. The number of hydrogen-bond donors (Lipinski definition) is 0. The first kappa shape index (κ1) is 24.0. The first-order chi connectivity index (χ1) is 16.2. The van der Waals surface area contributed by atoms with E-state index in [2.05, 4.69) is 4.90 Å². The van der Waals surface area contributed by atoms with Crippen molar-refractivity contribution in [2.75, 3.05) is 0 Å². The molecule has 0 radical (unpaired) electrons. The van der Waals surface area contributed by atoms with Crippen LogP contribution in [0.3, 0.4) is 0 Å². The lowest BCUT2D eigenvalue weighted by molar-refractivity contribution is -0.142. The molecular weight excluding hydrogens is 449 g/mol. The monoisotopic (exact) mass is 473 g/mol. The number of nitrogens with zero attached hydrogens (tertiary/aromatic N) is 1. The van der Waals surface area contributed by atoms with Crippen LogP contribution in [0.1, 0.15) is 35.6 Å². The van der Waals surface area contributed by atoms with Crippen molar-refractivity contribution >= 4 is 5.76 Å². The van der Waals surface area contributed by atoms with E-state index >= 15 is 0 Å². The van der Waals surface area contributed by atoms with E-state index in [1.165, 1.54) is 0 Å². The van der Waals surface area contributed by atoms with E-state index < -0.39 is 23.4 Å². The second kappa shape index (κ2) is 9.97. The maximum atomic E-state index is 14.1. The summed E-state index contributed by atoms with van der Waals surface area (Å²) in [4.78, 5) is 2.25. The Morgan fingerprint density at radius 1 is 0.882 bits per heavy atom. The Kier molecular flexibility index (Phi) is 7.03. The van der Waals surface area contributed by atoms with E-state index in [1.54, 1.807) is 6.08 Å². The van der Waals surface area contributed by atoms with Crippen molar-refractivity contribution in [2.24, 2.45) is 0 Å². The van der Waals surface area contributed by atoms with Gasteiger partial charge in [-0.2, -0.15) is 13.2 Å². The van der Waals surface area contributed by atoms with Gasteiger partial charge in [0, 0.05) is 31.1 Å². The Bertz CT molecular complexity index is 1080. The molecule has 0 saturated heterocycles. The molecule has 0 fully saturated rings. The highest BCUT2D eigenvalue weighted by molar-refractivity contribution is 5.62. The summed E-state index contributed by atoms with van der Waals surface area (Å²) in [5, 5.41) is 0. The van der Waals surface area contributed by atoms with Crippen LogP contribution in [0.4, 0.5) is 22.0 Å². The maximum Gasteiger partial charge on any atom is 0.422 e. The predicted molar refractivity (Wildman–Crippen MR) is 120 cm³/mol. The van der Waals surface area contributed by atoms with Crippen LogP contribution in [0.15, 0.2) is 78.9 Å². The fraction of sp³-hybridized carbons (Fsp3) is 0.259. The van der Waals surface area contributed by atoms with Gasteiger partial charge in [0.05, 0.1) is 0 Å². The molecule has 0 bridgehead atoms. The summed E-state index contributed by atoms with van der Waals surface area (Å²) in [5.74, 6) is -3.13. The highest BCUT2D eigenvalue weighted by Crippen LogP contribution is 2.37. The average molecular weight is 473 g/mol. The Morgan fingerprint density at radius 2 is 1.38 bits per heavy atom. The zero-order valence-electron chi connectivity index (χ0n) is 18.5. The summed E-state index contributed by atoms with van der Waals surface area (Å²) >= 11 is 0. The van der Waals surface area contributed by atoms with Crippen molar-refractivity contribution in [1.29, 1.82) is 0 Å². The quantitative estimate of drug-likeness (QED) is 0.337. The molecular formula is C27H24F5NO. The molecule has 0 amide bonds. The number of benzene rings is 3. The first-order valence-corrected chi connectivity index (χ1v) is 11.0. The Hall–Kier alpha value is -3.19. The van der Waals surface area contributed by atoms with Gasteiger partial charge in [0.25, 0.3) is 0 Å². The van der Waals surface area contributed by atoms with Crippen molar-refractivity contribution in [2.45, 2.75) is 44.8 Å². The lowest BCUT2D eigenvalue weighted by Gasteiger charge is -2.33. The molecule has 178 valence electrons. The lowest BCUT2D eigenvalue weighted by Crippen LogP contribution is -2.40. The Balaban J connectivity index is 1.52. The van der Waals surface area contributed by atoms with E-state index in [0.717, 1.165) is 11.1 Å². The first-order valence-electron chi connectivity index (χ1n) is 11.0. The fourth-order valence-electron chi connectivity index (χ4n) is 4.16. The van der Waals surface area contributed by atoms with Crippen LogP contribution >= 0.6 is 0 Å². The van der Waals surface area contributed by atoms with Crippen LogP contribution in [0.2, 0.25) is 0 Å². The van der Waals surface area contributed by atoms with Gasteiger partial charge < -0.3 is 4.74 Å². The molecule has 1 aliphatic rings. The zero-order chi connectivity index (χ0) is 24.3. The topological polar surface area (TPSA) is 12.5 Å². The van der Waals surface area contributed by atoms with Crippen LogP contribution in [-0.2, 0) is 24.0 Å². The minimum Gasteiger partial charge on any atom is -0.488 e. The molecule has 0 spiro atoms. The summed E-state index contributed by atoms with van der Waals surface area (Å²) in [5.41, 5.74) is 0.318. The summed E-state index contributed by atoms with van der Waals surface area (Å²) < 4.78 is 72.9. The summed E-state index contributed by atoms with van der Waals surface area (Å²) in [6.07, 6.45) is -3.28. The third-order valence-corrected chi connectivity index (χ3v) is 5.99. The van der Waals surface area contributed by atoms with Gasteiger partial charge in [0.2, 0.25) is 0 Å². The molecule has 0 aliphatic carbocycles. The van der Waals surface area contributed by atoms with Crippen LogP contribution in [0, 0.1) is 11.6 Å². The number of hydrogen-bond acceptors (Lipinski definition) is 2. The van der Waals surface area contributed by atoms with Gasteiger partial charge in [-0.25, -0.2) is 8.78 Å². The summed E-state index contributed by atoms with van der Waals surface area (Å²) in [6, 6.07) is 21.2. The average Bonchev–Trinajstić information content (AvgIpc) is 3.28. The molecule has 2 atom stereocenters. The SMILES string of the molecule is CC(C1CC=C(c2cc(F)c(C(F)(F)F)c(F)c2)O1)N(Cc1ccccc1)Cc1ccccc1. The Labute approximate surface area is 195 Å². The van der Waals surface area contributed by atoms with Gasteiger partial charge in [-0.1, -0.05) is 60.7 Å². The molecule has 0 N–H and O–H groups in total. The minimum atomic E-state index is -5.11. The second-order valence-electron chi connectivity index (χ2n) is 8.39. The molecule has 3 aromatic rings. The van der Waals surface area contributed by atoms with Crippen LogP contribution in [0.5, 0.6) is 0 Å². The van der Waals surface area contributed by atoms with Gasteiger partial charge in [-0.15, -0.1) is 0 Å². The van der Waals surface area contributed by atoms with Gasteiger partial charge >= 0.3 is 6.18 Å². The minimum absolute atomic E-state index is 0.0460. The highest BCUT2D eigenvalue weighted by atomic mass is 19.4. The molecule has 1 aliphatic heterocycles. The molecule has 34 heavy (non-hydrogen) atoms. The third-order valence-electron chi connectivity index (χ3n) is 5.99. The van der Waals surface area contributed by atoms with Crippen molar-refractivity contribution in [3.8, 4) is 0 Å². The maximum absolute atomic E-state index is 14.1. The highest BCUT2D eigenvalue weighted by Gasteiger charge is 2.38. The largest absolute Gasteiger partial charge is 0.488 e. The number of rotatable bonds is 7. The van der Waals surface area contributed by atoms with Gasteiger partial charge in [0.15, 0.2) is 0 Å².